The molecule has 0 spiro atoms. The van der Waals surface area contributed by atoms with Crippen LogP contribution in [0.3, 0.4) is 0 Å². The fraction of sp³-hybridized carbons (Fsp3) is 0.250. The molecule has 0 fully saturated rings. The second-order valence-electron chi connectivity index (χ2n) is 3.53. The Morgan fingerprint density at radius 2 is 2.12 bits per heavy atom. The molecule has 0 amide bonds. The van der Waals surface area contributed by atoms with Crippen LogP contribution in [0.15, 0.2) is 24.3 Å². The van der Waals surface area contributed by atoms with Crippen LogP contribution in [0, 0.1) is 18.3 Å². The summed E-state index contributed by atoms with van der Waals surface area (Å²) in [4.78, 5) is 0. The number of aryl methyl sites for hydroxylation is 2. The average Bonchev–Trinajstić information content (AvgIpc) is 2.72. The molecule has 1 heterocycles. The van der Waals surface area contributed by atoms with Crippen molar-refractivity contribution in [3.63, 3.8) is 0 Å². The Labute approximate surface area is 94.1 Å². The van der Waals surface area contributed by atoms with Crippen LogP contribution in [0.1, 0.15) is 18.2 Å². The lowest BCUT2D eigenvalue weighted by Gasteiger charge is -2.06. The molecule has 2 aromatic rings. The second kappa shape index (κ2) is 4.15. The standard InChI is InChI=1S/C12H12N4/c1-3-16-12(11(8-13)14-15-16)10-7-5-4-6-9(10)2/h4-7H,3H2,1-2H3. The summed E-state index contributed by atoms with van der Waals surface area (Å²) in [6.45, 7) is 4.71. The molecule has 0 saturated heterocycles. The molecule has 0 unspecified atom stereocenters. The summed E-state index contributed by atoms with van der Waals surface area (Å²) in [6.07, 6.45) is 0. The van der Waals surface area contributed by atoms with Gasteiger partial charge in [0.25, 0.3) is 0 Å². The molecular formula is C12H12N4. The van der Waals surface area contributed by atoms with Crippen molar-refractivity contribution in [3.05, 3.63) is 35.5 Å². The zero-order valence-electron chi connectivity index (χ0n) is 9.31. The summed E-state index contributed by atoms with van der Waals surface area (Å²) in [5.74, 6) is 0. The Kier molecular flexibility index (Phi) is 2.69. The summed E-state index contributed by atoms with van der Waals surface area (Å²) in [5.41, 5.74) is 3.33. The largest absolute Gasteiger partial charge is 0.244 e. The molecule has 80 valence electrons. The van der Waals surface area contributed by atoms with Gasteiger partial charge in [-0.3, -0.25) is 0 Å². The molecule has 0 aliphatic carbocycles. The average molecular weight is 212 g/mol. The first kappa shape index (κ1) is 10.4. The van der Waals surface area contributed by atoms with E-state index in [-0.39, 0.29) is 0 Å². The number of rotatable bonds is 2. The Morgan fingerprint density at radius 1 is 1.38 bits per heavy atom. The summed E-state index contributed by atoms with van der Waals surface area (Å²) in [7, 11) is 0. The van der Waals surface area contributed by atoms with E-state index in [0.29, 0.717) is 12.2 Å². The van der Waals surface area contributed by atoms with E-state index < -0.39 is 0 Å². The quantitative estimate of drug-likeness (QED) is 0.766. The molecule has 0 atom stereocenters. The zero-order chi connectivity index (χ0) is 11.5. The van der Waals surface area contributed by atoms with Crippen molar-refractivity contribution in [2.45, 2.75) is 20.4 Å². The van der Waals surface area contributed by atoms with Gasteiger partial charge in [0.2, 0.25) is 0 Å². The highest BCUT2D eigenvalue weighted by Gasteiger charge is 2.14. The Bertz CT molecular complexity index is 548. The van der Waals surface area contributed by atoms with Gasteiger partial charge in [-0.05, 0) is 19.4 Å². The molecule has 0 saturated carbocycles. The van der Waals surface area contributed by atoms with E-state index in [2.05, 4.69) is 16.4 Å². The van der Waals surface area contributed by atoms with Gasteiger partial charge < -0.3 is 0 Å². The van der Waals surface area contributed by atoms with Crippen molar-refractivity contribution in [3.8, 4) is 17.3 Å². The minimum atomic E-state index is 0.385. The Balaban J connectivity index is 2.68. The molecule has 4 nitrogen and oxygen atoms in total. The van der Waals surface area contributed by atoms with E-state index in [1.54, 1.807) is 4.68 Å². The van der Waals surface area contributed by atoms with Crippen LogP contribution in [-0.4, -0.2) is 15.0 Å². The van der Waals surface area contributed by atoms with Crippen LogP contribution in [0.25, 0.3) is 11.3 Å². The molecule has 4 heteroatoms. The maximum atomic E-state index is 9.01. The summed E-state index contributed by atoms with van der Waals surface area (Å²) >= 11 is 0. The van der Waals surface area contributed by atoms with Crippen LogP contribution in [0.4, 0.5) is 0 Å². The molecule has 0 N–H and O–H groups in total. The highest BCUT2D eigenvalue weighted by Crippen LogP contribution is 2.24. The number of nitriles is 1. The summed E-state index contributed by atoms with van der Waals surface area (Å²) in [6, 6.07) is 10.0. The van der Waals surface area contributed by atoms with Crippen LogP contribution in [-0.2, 0) is 6.54 Å². The fourth-order valence-electron chi connectivity index (χ4n) is 1.71. The third-order valence-corrected chi connectivity index (χ3v) is 2.54. The molecule has 1 aromatic carbocycles. The molecular weight excluding hydrogens is 200 g/mol. The third-order valence-electron chi connectivity index (χ3n) is 2.54. The van der Waals surface area contributed by atoms with Gasteiger partial charge >= 0.3 is 0 Å². The van der Waals surface area contributed by atoms with Gasteiger partial charge in [-0.1, -0.05) is 29.5 Å². The molecule has 0 aliphatic heterocycles. The molecule has 2 rings (SSSR count). The highest BCUT2D eigenvalue weighted by molar-refractivity contribution is 5.68. The number of aromatic nitrogens is 3. The topological polar surface area (TPSA) is 54.5 Å². The molecule has 16 heavy (non-hydrogen) atoms. The summed E-state index contributed by atoms with van der Waals surface area (Å²) < 4.78 is 1.75. The van der Waals surface area contributed by atoms with Gasteiger partial charge in [-0.25, -0.2) is 4.68 Å². The molecule has 1 aromatic heterocycles. The van der Waals surface area contributed by atoms with Gasteiger partial charge in [0.1, 0.15) is 11.8 Å². The van der Waals surface area contributed by atoms with E-state index in [0.717, 1.165) is 16.8 Å². The Morgan fingerprint density at radius 3 is 2.75 bits per heavy atom. The minimum Gasteiger partial charge on any atom is -0.244 e. The van der Waals surface area contributed by atoms with Crippen LogP contribution >= 0.6 is 0 Å². The van der Waals surface area contributed by atoms with Crippen molar-refractivity contribution in [1.29, 1.82) is 5.26 Å². The number of hydrogen-bond acceptors (Lipinski definition) is 3. The highest BCUT2D eigenvalue weighted by atomic mass is 15.4. The third kappa shape index (κ3) is 1.57. The minimum absolute atomic E-state index is 0.385. The van der Waals surface area contributed by atoms with Crippen molar-refractivity contribution >= 4 is 0 Å². The first-order chi connectivity index (χ1) is 7.77. The lowest BCUT2D eigenvalue weighted by Crippen LogP contribution is -2.00. The number of nitrogens with zero attached hydrogens (tertiary/aromatic N) is 4. The zero-order valence-corrected chi connectivity index (χ0v) is 9.31. The first-order valence-corrected chi connectivity index (χ1v) is 5.17. The SMILES string of the molecule is CCn1nnc(C#N)c1-c1ccccc1C. The van der Waals surface area contributed by atoms with Crippen molar-refractivity contribution in [2.75, 3.05) is 0 Å². The number of hydrogen-bond donors (Lipinski definition) is 0. The van der Waals surface area contributed by atoms with E-state index in [9.17, 15) is 0 Å². The lowest BCUT2D eigenvalue weighted by atomic mass is 10.0. The maximum absolute atomic E-state index is 9.01. The first-order valence-electron chi connectivity index (χ1n) is 5.17. The van der Waals surface area contributed by atoms with Crippen molar-refractivity contribution in [1.82, 2.24) is 15.0 Å². The van der Waals surface area contributed by atoms with Gasteiger partial charge in [0.05, 0.1) is 0 Å². The predicted octanol–water partition coefficient (Wildman–Crippen LogP) is 2.15. The normalized spacial score (nSPS) is 10.1. The van der Waals surface area contributed by atoms with Crippen LogP contribution in [0.2, 0.25) is 0 Å². The smallest absolute Gasteiger partial charge is 0.190 e. The molecule has 0 aliphatic rings. The van der Waals surface area contributed by atoms with Crippen LogP contribution < -0.4 is 0 Å². The van der Waals surface area contributed by atoms with Gasteiger partial charge in [0.15, 0.2) is 5.69 Å². The van der Waals surface area contributed by atoms with E-state index in [4.69, 9.17) is 5.26 Å². The van der Waals surface area contributed by atoms with E-state index in [1.165, 1.54) is 0 Å². The molecule has 0 radical (unpaired) electrons. The van der Waals surface area contributed by atoms with Crippen molar-refractivity contribution in [2.24, 2.45) is 0 Å². The lowest BCUT2D eigenvalue weighted by molar-refractivity contribution is 0.632. The van der Waals surface area contributed by atoms with Crippen LogP contribution in [0.5, 0.6) is 0 Å². The maximum Gasteiger partial charge on any atom is 0.190 e. The molecule has 0 bridgehead atoms. The predicted molar refractivity (Wildman–Crippen MR) is 60.6 cm³/mol. The van der Waals surface area contributed by atoms with Gasteiger partial charge in [0, 0.05) is 12.1 Å². The monoisotopic (exact) mass is 212 g/mol. The summed E-state index contributed by atoms with van der Waals surface area (Å²) in [5, 5.41) is 16.9. The van der Waals surface area contributed by atoms with E-state index >= 15 is 0 Å². The van der Waals surface area contributed by atoms with Gasteiger partial charge in [-0.15, -0.1) is 5.10 Å². The number of benzene rings is 1. The van der Waals surface area contributed by atoms with Gasteiger partial charge in [-0.2, -0.15) is 5.26 Å². The fourth-order valence-corrected chi connectivity index (χ4v) is 1.71. The Hall–Kier alpha value is -2.15. The second-order valence-corrected chi connectivity index (χ2v) is 3.53. The van der Waals surface area contributed by atoms with Crippen molar-refractivity contribution < 1.29 is 0 Å². The van der Waals surface area contributed by atoms with E-state index in [1.807, 2.05) is 38.1 Å².